The van der Waals surface area contributed by atoms with Gasteiger partial charge in [-0.15, -0.1) is 0 Å². The van der Waals surface area contributed by atoms with Crippen molar-refractivity contribution in [1.29, 1.82) is 0 Å². The van der Waals surface area contributed by atoms with E-state index in [9.17, 15) is 4.79 Å². The van der Waals surface area contributed by atoms with E-state index in [-0.39, 0.29) is 11.9 Å². The molecule has 0 aliphatic carbocycles. The molecule has 24 heavy (non-hydrogen) atoms. The molecule has 0 radical (unpaired) electrons. The fourth-order valence-electron chi connectivity index (χ4n) is 2.98. The van der Waals surface area contributed by atoms with Gasteiger partial charge < -0.3 is 15.0 Å². The van der Waals surface area contributed by atoms with Crippen molar-refractivity contribution < 1.29 is 14.1 Å². The third kappa shape index (κ3) is 3.73. The molecule has 0 spiro atoms. The Morgan fingerprint density at radius 1 is 1.38 bits per heavy atom. The van der Waals surface area contributed by atoms with Gasteiger partial charge in [-0.3, -0.25) is 9.69 Å². The molecule has 2 N–H and O–H groups in total. The number of hydrogen-bond acceptors (Lipinski definition) is 6. The summed E-state index contributed by atoms with van der Waals surface area (Å²) in [5.41, 5.74) is 6.35. The third-order valence-electron chi connectivity index (χ3n) is 4.17. The molecule has 1 aliphatic rings. The van der Waals surface area contributed by atoms with Crippen LogP contribution in [0.2, 0.25) is 0 Å². The van der Waals surface area contributed by atoms with Gasteiger partial charge in [0.05, 0.1) is 19.2 Å². The van der Waals surface area contributed by atoms with Gasteiger partial charge in [-0.2, -0.15) is 4.98 Å². The number of rotatable bonds is 6. The normalized spacial score (nSPS) is 18.5. The smallest absolute Gasteiger partial charge is 0.241 e. The summed E-state index contributed by atoms with van der Waals surface area (Å²) >= 11 is 0. The second-order valence-electron chi connectivity index (χ2n) is 5.85. The van der Waals surface area contributed by atoms with E-state index in [2.05, 4.69) is 10.1 Å². The summed E-state index contributed by atoms with van der Waals surface area (Å²) in [6, 6.07) is 7.30. The number of hydrogen-bond donors (Lipinski definition) is 1. The summed E-state index contributed by atoms with van der Waals surface area (Å²) in [6.45, 7) is 3.83. The highest BCUT2D eigenvalue weighted by Gasteiger charge is 2.28. The Balaban J connectivity index is 1.69. The zero-order chi connectivity index (χ0) is 16.9. The lowest BCUT2D eigenvalue weighted by Gasteiger charge is -2.32. The topological polar surface area (TPSA) is 94.5 Å². The first-order chi connectivity index (χ1) is 11.7. The van der Waals surface area contributed by atoms with Crippen molar-refractivity contribution in [2.24, 2.45) is 5.73 Å². The van der Waals surface area contributed by atoms with Gasteiger partial charge in [-0.25, -0.2) is 0 Å². The zero-order valence-corrected chi connectivity index (χ0v) is 13.8. The summed E-state index contributed by atoms with van der Waals surface area (Å²) in [5, 5.41) is 4.03. The minimum absolute atomic E-state index is 0.250. The molecule has 3 rings (SSSR count). The van der Waals surface area contributed by atoms with Gasteiger partial charge in [-0.1, -0.05) is 11.6 Å². The second kappa shape index (κ2) is 7.44. The van der Waals surface area contributed by atoms with E-state index < -0.39 is 0 Å². The van der Waals surface area contributed by atoms with E-state index >= 15 is 0 Å². The maximum absolute atomic E-state index is 11.6. The van der Waals surface area contributed by atoms with Crippen molar-refractivity contribution >= 4 is 5.91 Å². The van der Waals surface area contributed by atoms with E-state index in [0.717, 1.165) is 37.1 Å². The Bertz CT molecular complexity index is 683. The van der Waals surface area contributed by atoms with E-state index in [1.54, 1.807) is 0 Å². The minimum atomic E-state index is -0.291. The van der Waals surface area contributed by atoms with Gasteiger partial charge in [0, 0.05) is 5.56 Å². The number of amides is 1. The van der Waals surface area contributed by atoms with Gasteiger partial charge in [-0.05, 0) is 50.6 Å². The van der Waals surface area contributed by atoms with E-state index in [1.165, 1.54) is 0 Å². The average Bonchev–Trinajstić information content (AvgIpc) is 3.05. The molecule has 2 heterocycles. The molecular formula is C17H22N4O3. The van der Waals surface area contributed by atoms with Crippen LogP contribution in [0, 0.1) is 0 Å². The van der Waals surface area contributed by atoms with E-state index in [4.69, 9.17) is 15.0 Å². The summed E-state index contributed by atoms with van der Waals surface area (Å²) in [4.78, 5) is 18.0. The third-order valence-corrected chi connectivity index (χ3v) is 4.17. The van der Waals surface area contributed by atoms with Crippen LogP contribution in [0.5, 0.6) is 5.75 Å². The molecule has 7 heteroatoms. The highest BCUT2D eigenvalue weighted by molar-refractivity contribution is 5.79. The lowest BCUT2D eigenvalue weighted by atomic mass is 10.0. The summed E-state index contributed by atoms with van der Waals surface area (Å²) in [7, 11) is 0. The molecule has 0 saturated carbocycles. The highest BCUT2D eigenvalue weighted by atomic mass is 16.5. The molecule has 2 aromatic rings. The van der Waals surface area contributed by atoms with E-state index in [0.29, 0.717) is 24.9 Å². The van der Waals surface area contributed by atoms with E-state index in [1.807, 2.05) is 36.1 Å². The molecule has 1 saturated heterocycles. The van der Waals surface area contributed by atoms with Crippen LogP contribution in [0.1, 0.15) is 32.1 Å². The lowest BCUT2D eigenvalue weighted by molar-refractivity contribution is -0.124. The van der Waals surface area contributed by atoms with Crippen LogP contribution in [0.25, 0.3) is 11.4 Å². The van der Waals surface area contributed by atoms with Gasteiger partial charge in [0.25, 0.3) is 0 Å². The molecular weight excluding hydrogens is 308 g/mol. The molecule has 128 valence electrons. The summed E-state index contributed by atoms with van der Waals surface area (Å²) in [5.74, 6) is 1.54. The van der Waals surface area contributed by atoms with Crippen LogP contribution in [0.4, 0.5) is 0 Å². The van der Waals surface area contributed by atoms with Crippen molar-refractivity contribution in [3.05, 3.63) is 30.2 Å². The van der Waals surface area contributed by atoms with Crippen LogP contribution in [-0.4, -0.2) is 40.1 Å². The Kier molecular flexibility index (Phi) is 5.10. The number of piperidine rings is 1. The molecule has 0 bridgehead atoms. The van der Waals surface area contributed by atoms with Crippen molar-refractivity contribution in [2.45, 2.75) is 38.8 Å². The molecule has 7 nitrogen and oxygen atoms in total. The van der Waals surface area contributed by atoms with Crippen molar-refractivity contribution in [3.8, 4) is 17.1 Å². The standard InChI is InChI=1S/C17H22N4O3/c1-2-23-13-8-6-12(7-9-13)17-19-15(24-20-17)11-21-10-4-3-5-14(21)16(18)22/h6-9,14H,2-5,10-11H2,1H3,(H2,18,22). The van der Waals surface area contributed by atoms with Crippen molar-refractivity contribution in [2.75, 3.05) is 13.2 Å². The van der Waals surface area contributed by atoms with Gasteiger partial charge >= 0.3 is 0 Å². The molecule has 1 aliphatic heterocycles. The summed E-state index contributed by atoms with van der Waals surface area (Å²) in [6.07, 6.45) is 2.85. The van der Waals surface area contributed by atoms with Crippen LogP contribution < -0.4 is 10.5 Å². The Hall–Kier alpha value is -2.41. The number of carbonyl (C=O) groups is 1. The Morgan fingerprint density at radius 3 is 2.88 bits per heavy atom. The molecule has 1 aromatic heterocycles. The first-order valence-corrected chi connectivity index (χ1v) is 8.26. The molecule has 1 unspecified atom stereocenters. The predicted molar refractivity (Wildman–Crippen MR) is 88.1 cm³/mol. The highest BCUT2D eigenvalue weighted by Crippen LogP contribution is 2.22. The number of aromatic nitrogens is 2. The van der Waals surface area contributed by atoms with Crippen molar-refractivity contribution in [1.82, 2.24) is 15.0 Å². The number of carbonyl (C=O) groups excluding carboxylic acids is 1. The molecule has 1 atom stereocenters. The first kappa shape index (κ1) is 16.4. The first-order valence-electron chi connectivity index (χ1n) is 8.26. The fourth-order valence-corrected chi connectivity index (χ4v) is 2.98. The number of nitrogens with two attached hydrogens (primary N) is 1. The number of primary amides is 1. The number of nitrogens with zero attached hydrogens (tertiary/aromatic N) is 3. The van der Waals surface area contributed by atoms with Crippen molar-refractivity contribution in [3.63, 3.8) is 0 Å². The van der Waals surface area contributed by atoms with Crippen LogP contribution in [-0.2, 0) is 11.3 Å². The minimum Gasteiger partial charge on any atom is -0.494 e. The van der Waals surface area contributed by atoms with Crippen LogP contribution >= 0.6 is 0 Å². The molecule has 1 fully saturated rings. The Morgan fingerprint density at radius 2 is 2.17 bits per heavy atom. The number of likely N-dealkylation sites (tertiary alicyclic amines) is 1. The number of ether oxygens (including phenoxy) is 1. The lowest BCUT2D eigenvalue weighted by Crippen LogP contribution is -2.47. The average molecular weight is 330 g/mol. The van der Waals surface area contributed by atoms with Gasteiger partial charge in [0.1, 0.15) is 5.75 Å². The van der Waals surface area contributed by atoms with Crippen LogP contribution in [0.15, 0.2) is 28.8 Å². The molecule has 1 aromatic carbocycles. The monoisotopic (exact) mass is 330 g/mol. The second-order valence-corrected chi connectivity index (χ2v) is 5.85. The van der Waals surface area contributed by atoms with Crippen LogP contribution in [0.3, 0.4) is 0 Å². The zero-order valence-electron chi connectivity index (χ0n) is 13.8. The van der Waals surface area contributed by atoms with Gasteiger partial charge in [0.15, 0.2) is 0 Å². The predicted octanol–water partition coefficient (Wildman–Crippen LogP) is 1.98. The maximum Gasteiger partial charge on any atom is 0.241 e. The molecule has 1 amide bonds. The van der Waals surface area contributed by atoms with Gasteiger partial charge in [0.2, 0.25) is 17.6 Å². The maximum atomic E-state index is 11.6. The quantitative estimate of drug-likeness (QED) is 0.870. The summed E-state index contributed by atoms with van der Waals surface area (Å²) < 4.78 is 10.8. The SMILES string of the molecule is CCOc1ccc(-c2noc(CN3CCCCC3C(N)=O)n2)cc1. The fraction of sp³-hybridized carbons (Fsp3) is 0.471. The largest absolute Gasteiger partial charge is 0.494 e. The number of benzene rings is 1. The Labute approximate surface area is 140 Å².